The van der Waals surface area contributed by atoms with Gasteiger partial charge in [-0.15, -0.1) is 0 Å². The van der Waals surface area contributed by atoms with Crippen molar-refractivity contribution in [2.45, 2.75) is 18.9 Å². The molecule has 2 aromatic rings. The smallest absolute Gasteiger partial charge is 0.123 e. The highest BCUT2D eigenvalue weighted by atomic mass is 15.2. The van der Waals surface area contributed by atoms with Crippen LogP contribution in [0, 0.1) is 0 Å². The van der Waals surface area contributed by atoms with Gasteiger partial charge in [-0.25, -0.2) is 4.98 Å². The second kappa shape index (κ2) is 6.09. The molecule has 0 aliphatic rings. The number of nitrogens with one attached hydrogen (secondary N) is 1. The van der Waals surface area contributed by atoms with Crippen molar-refractivity contribution in [2.75, 3.05) is 5.73 Å². The molecule has 0 saturated carbocycles. The zero-order valence-corrected chi connectivity index (χ0v) is 10.1. The summed E-state index contributed by atoms with van der Waals surface area (Å²) in [6.45, 7) is 0. The van der Waals surface area contributed by atoms with Gasteiger partial charge in [-0.2, -0.15) is 0 Å². The minimum absolute atomic E-state index is 0.127. The molecule has 5 nitrogen and oxygen atoms in total. The fourth-order valence-corrected chi connectivity index (χ4v) is 1.87. The van der Waals surface area contributed by atoms with E-state index in [0.29, 0.717) is 5.82 Å². The predicted molar refractivity (Wildman–Crippen MR) is 71.4 cm³/mol. The Balaban J connectivity index is 2.01. The standard InChI is InChI=1S/C13H17N5/c14-13-8-10(4-6-17-13)7-12(18-15)9-11-3-1-2-5-16-11/h1-6,8,12,18H,7,9,15H2,(H2,14,17). The lowest BCUT2D eigenvalue weighted by molar-refractivity contribution is 0.517. The first-order valence-corrected chi connectivity index (χ1v) is 5.84. The van der Waals surface area contributed by atoms with E-state index in [2.05, 4.69) is 15.4 Å². The molecule has 2 aromatic heterocycles. The molecule has 2 rings (SSSR count). The summed E-state index contributed by atoms with van der Waals surface area (Å²) in [4.78, 5) is 8.26. The summed E-state index contributed by atoms with van der Waals surface area (Å²) in [5.41, 5.74) is 10.6. The maximum Gasteiger partial charge on any atom is 0.123 e. The molecule has 0 fully saturated rings. The predicted octanol–water partition coefficient (Wildman–Crippen LogP) is 0.676. The lowest BCUT2D eigenvalue weighted by atomic mass is 10.0. The Morgan fingerprint density at radius 1 is 1.11 bits per heavy atom. The molecule has 1 unspecified atom stereocenters. The van der Waals surface area contributed by atoms with Gasteiger partial charge in [0.25, 0.3) is 0 Å². The van der Waals surface area contributed by atoms with Crippen molar-refractivity contribution in [3.8, 4) is 0 Å². The molecule has 5 heteroatoms. The van der Waals surface area contributed by atoms with Crippen LogP contribution in [0.15, 0.2) is 42.7 Å². The summed E-state index contributed by atoms with van der Waals surface area (Å²) in [7, 11) is 0. The first-order valence-electron chi connectivity index (χ1n) is 5.84. The van der Waals surface area contributed by atoms with Gasteiger partial charge in [0.2, 0.25) is 0 Å². The number of hydrazine groups is 1. The van der Waals surface area contributed by atoms with Gasteiger partial charge in [0, 0.05) is 30.6 Å². The van der Waals surface area contributed by atoms with Gasteiger partial charge in [0.05, 0.1) is 0 Å². The lowest BCUT2D eigenvalue weighted by Crippen LogP contribution is -2.38. The monoisotopic (exact) mass is 243 g/mol. The van der Waals surface area contributed by atoms with Crippen molar-refractivity contribution in [3.63, 3.8) is 0 Å². The van der Waals surface area contributed by atoms with Crippen LogP contribution in [0.2, 0.25) is 0 Å². The van der Waals surface area contributed by atoms with E-state index in [1.807, 2.05) is 30.3 Å². The number of hydrogen-bond acceptors (Lipinski definition) is 5. The van der Waals surface area contributed by atoms with Crippen molar-refractivity contribution >= 4 is 5.82 Å². The molecule has 18 heavy (non-hydrogen) atoms. The van der Waals surface area contributed by atoms with Gasteiger partial charge in [-0.1, -0.05) is 6.07 Å². The van der Waals surface area contributed by atoms with E-state index < -0.39 is 0 Å². The Kier molecular flexibility index (Phi) is 4.22. The second-order valence-electron chi connectivity index (χ2n) is 4.18. The van der Waals surface area contributed by atoms with Crippen LogP contribution in [0.5, 0.6) is 0 Å². The van der Waals surface area contributed by atoms with Gasteiger partial charge in [0.15, 0.2) is 0 Å². The van der Waals surface area contributed by atoms with Gasteiger partial charge < -0.3 is 5.73 Å². The summed E-state index contributed by atoms with van der Waals surface area (Å²) in [5.74, 6) is 6.11. The molecule has 0 spiro atoms. The molecule has 0 aliphatic heterocycles. The summed E-state index contributed by atoms with van der Waals surface area (Å²) in [6, 6.07) is 9.80. The summed E-state index contributed by atoms with van der Waals surface area (Å²) in [5, 5.41) is 0. The minimum atomic E-state index is 0.127. The highest BCUT2D eigenvalue weighted by Gasteiger charge is 2.09. The molecule has 0 amide bonds. The molecule has 1 atom stereocenters. The molecule has 0 saturated heterocycles. The number of hydrogen-bond donors (Lipinski definition) is 3. The fourth-order valence-electron chi connectivity index (χ4n) is 1.87. The first kappa shape index (κ1) is 12.5. The van der Waals surface area contributed by atoms with Gasteiger partial charge in [0.1, 0.15) is 5.82 Å². The molecule has 94 valence electrons. The number of aromatic nitrogens is 2. The van der Waals surface area contributed by atoms with Crippen molar-refractivity contribution in [1.82, 2.24) is 15.4 Å². The zero-order valence-electron chi connectivity index (χ0n) is 10.1. The van der Waals surface area contributed by atoms with E-state index in [0.717, 1.165) is 24.1 Å². The SMILES string of the molecule is NNC(Cc1ccnc(N)c1)Cc1ccccn1. The Hall–Kier alpha value is -1.98. The Bertz CT molecular complexity index is 486. The van der Waals surface area contributed by atoms with Crippen LogP contribution in [-0.2, 0) is 12.8 Å². The molecule has 0 aliphatic carbocycles. The van der Waals surface area contributed by atoms with Crippen LogP contribution in [0.3, 0.4) is 0 Å². The molecular formula is C13H17N5. The van der Waals surface area contributed by atoms with Crippen molar-refractivity contribution in [3.05, 3.63) is 54.0 Å². The number of nitrogens with two attached hydrogens (primary N) is 2. The van der Waals surface area contributed by atoms with E-state index in [1.165, 1.54) is 0 Å². The Labute approximate surface area is 106 Å². The highest BCUT2D eigenvalue weighted by Crippen LogP contribution is 2.09. The van der Waals surface area contributed by atoms with Gasteiger partial charge in [-0.05, 0) is 36.2 Å². The van der Waals surface area contributed by atoms with E-state index >= 15 is 0 Å². The molecule has 5 N–H and O–H groups in total. The third-order valence-corrected chi connectivity index (χ3v) is 2.74. The summed E-state index contributed by atoms with van der Waals surface area (Å²) >= 11 is 0. The lowest BCUT2D eigenvalue weighted by Gasteiger charge is -2.15. The van der Waals surface area contributed by atoms with Crippen LogP contribution in [0.25, 0.3) is 0 Å². The average molecular weight is 243 g/mol. The molecule has 0 aromatic carbocycles. The molecule has 2 heterocycles. The first-order chi connectivity index (χ1) is 8.78. The minimum Gasteiger partial charge on any atom is -0.384 e. The maximum absolute atomic E-state index is 5.65. The van der Waals surface area contributed by atoms with E-state index in [-0.39, 0.29) is 6.04 Å². The van der Waals surface area contributed by atoms with E-state index in [4.69, 9.17) is 11.6 Å². The quantitative estimate of drug-likeness (QED) is 0.530. The van der Waals surface area contributed by atoms with Crippen molar-refractivity contribution < 1.29 is 0 Å². The number of rotatable bonds is 5. The zero-order chi connectivity index (χ0) is 12.8. The Morgan fingerprint density at radius 2 is 2.00 bits per heavy atom. The van der Waals surface area contributed by atoms with Gasteiger partial charge in [-0.3, -0.25) is 16.3 Å². The van der Waals surface area contributed by atoms with Gasteiger partial charge >= 0.3 is 0 Å². The maximum atomic E-state index is 5.65. The average Bonchev–Trinajstić information content (AvgIpc) is 2.39. The number of nitrogen functional groups attached to an aromatic ring is 1. The van der Waals surface area contributed by atoms with Crippen molar-refractivity contribution in [1.29, 1.82) is 0 Å². The molecule has 0 bridgehead atoms. The fraction of sp³-hybridized carbons (Fsp3) is 0.231. The molecular weight excluding hydrogens is 226 g/mol. The van der Waals surface area contributed by atoms with E-state index in [1.54, 1.807) is 12.4 Å². The van der Waals surface area contributed by atoms with Crippen LogP contribution >= 0.6 is 0 Å². The largest absolute Gasteiger partial charge is 0.384 e. The third-order valence-electron chi connectivity index (χ3n) is 2.74. The van der Waals surface area contributed by atoms with Crippen LogP contribution in [-0.4, -0.2) is 16.0 Å². The second-order valence-corrected chi connectivity index (χ2v) is 4.18. The van der Waals surface area contributed by atoms with E-state index in [9.17, 15) is 0 Å². The summed E-state index contributed by atoms with van der Waals surface area (Å²) < 4.78 is 0. The highest BCUT2D eigenvalue weighted by molar-refractivity contribution is 5.32. The van der Waals surface area contributed by atoms with Crippen molar-refractivity contribution in [2.24, 2.45) is 5.84 Å². The topological polar surface area (TPSA) is 89.8 Å². The normalized spacial score (nSPS) is 12.3. The molecule has 0 radical (unpaired) electrons. The van der Waals surface area contributed by atoms with Crippen LogP contribution in [0.1, 0.15) is 11.3 Å². The van der Waals surface area contributed by atoms with Crippen LogP contribution in [0.4, 0.5) is 5.82 Å². The van der Waals surface area contributed by atoms with Crippen LogP contribution < -0.4 is 17.0 Å². The number of anilines is 1. The Morgan fingerprint density at radius 3 is 2.67 bits per heavy atom. The number of pyridine rings is 2. The third kappa shape index (κ3) is 3.51. The summed E-state index contributed by atoms with van der Waals surface area (Å²) in [6.07, 6.45) is 5.06. The number of nitrogens with zero attached hydrogens (tertiary/aromatic N) is 2.